The molecular formula is C10H8N2OS. The Morgan fingerprint density at radius 1 is 1.29 bits per heavy atom. The minimum Gasteiger partial charge on any atom is -0.508 e. The Morgan fingerprint density at radius 3 is 2.64 bits per heavy atom. The zero-order chi connectivity index (χ0) is 9.97. The number of nitrogens with zero attached hydrogens (tertiary/aromatic N) is 2. The van der Waals surface area contributed by atoms with Gasteiger partial charge in [0.15, 0.2) is 5.82 Å². The van der Waals surface area contributed by atoms with Crippen LogP contribution >= 0.6 is 11.3 Å². The fourth-order valence-electron chi connectivity index (χ4n) is 1.13. The Labute approximate surface area is 85.4 Å². The van der Waals surface area contributed by atoms with Crippen molar-refractivity contribution < 1.29 is 5.11 Å². The number of aromatic nitrogens is 2. The van der Waals surface area contributed by atoms with Crippen LogP contribution in [-0.2, 0) is 0 Å². The maximum atomic E-state index is 9.31. The van der Waals surface area contributed by atoms with Crippen molar-refractivity contribution in [1.29, 1.82) is 0 Å². The molecule has 3 nitrogen and oxygen atoms in total. The highest BCUT2D eigenvalue weighted by Crippen LogP contribution is 2.27. The molecule has 0 saturated heterocycles. The molecule has 14 heavy (non-hydrogen) atoms. The number of aliphatic hydroxyl groups is 1. The van der Waals surface area contributed by atoms with E-state index in [1.165, 1.54) is 11.3 Å². The summed E-state index contributed by atoms with van der Waals surface area (Å²) in [5, 5.41) is 13.0. The summed E-state index contributed by atoms with van der Waals surface area (Å²) in [6.45, 7) is 3.49. The minimum atomic E-state index is 0.0497. The van der Waals surface area contributed by atoms with Crippen LogP contribution in [0.1, 0.15) is 5.56 Å². The van der Waals surface area contributed by atoms with Crippen molar-refractivity contribution >= 4 is 17.1 Å². The van der Waals surface area contributed by atoms with Crippen molar-refractivity contribution in [2.45, 2.75) is 0 Å². The molecule has 0 unspecified atom stereocenters. The van der Waals surface area contributed by atoms with E-state index >= 15 is 0 Å². The third-order valence-corrected chi connectivity index (χ3v) is 2.52. The second-order valence-corrected chi connectivity index (χ2v) is 3.46. The molecule has 4 heteroatoms. The lowest BCUT2D eigenvalue weighted by molar-refractivity contribution is 0.514. The van der Waals surface area contributed by atoms with Crippen LogP contribution in [0.15, 0.2) is 35.8 Å². The number of aliphatic hydroxyl groups excluding tert-OH is 1. The van der Waals surface area contributed by atoms with E-state index in [1.54, 1.807) is 18.5 Å². The molecule has 2 heterocycles. The van der Waals surface area contributed by atoms with Crippen molar-refractivity contribution in [2.24, 2.45) is 0 Å². The van der Waals surface area contributed by atoms with E-state index in [0.717, 1.165) is 5.56 Å². The molecule has 0 saturated carbocycles. The van der Waals surface area contributed by atoms with Gasteiger partial charge in [0.2, 0.25) is 0 Å². The first-order valence-corrected chi connectivity index (χ1v) is 4.95. The lowest BCUT2D eigenvalue weighted by Gasteiger charge is -1.99. The van der Waals surface area contributed by atoms with Gasteiger partial charge in [-0.2, -0.15) is 11.3 Å². The van der Waals surface area contributed by atoms with E-state index in [-0.39, 0.29) is 5.76 Å². The third kappa shape index (κ3) is 1.52. The van der Waals surface area contributed by atoms with Crippen LogP contribution in [0.2, 0.25) is 0 Å². The predicted molar refractivity (Wildman–Crippen MR) is 57.0 cm³/mol. The average molecular weight is 204 g/mol. The van der Waals surface area contributed by atoms with Gasteiger partial charge in [0, 0.05) is 34.3 Å². The summed E-state index contributed by atoms with van der Waals surface area (Å²) in [5.74, 6) is 0.660. The van der Waals surface area contributed by atoms with Gasteiger partial charge >= 0.3 is 0 Å². The van der Waals surface area contributed by atoms with Crippen molar-refractivity contribution in [3.8, 4) is 11.4 Å². The summed E-state index contributed by atoms with van der Waals surface area (Å²) in [5.41, 5.74) is 1.52. The highest BCUT2D eigenvalue weighted by molar-refractivity contribution is 7.08. The van der Waals surface area contributed by atoms with Gasteiger partial charge in [-0.3, -0.25) is 0 Å². The van der Waals surface area contributed by atoms with E-state index in [0.29, 0.717) is 11.4 Å². The smallest absolute Gasteiger partial charge is 0.160 e. The van der Waals surface area contributed by atoms with Gasteiger partial charge in [-0.25, -0.2) is 9.97 Å². The Kier molecular flexibility index (Phi) is 2.28. The molecule has 70 valence electrons. The molecule has 0 radical (unpaired) electrons. The molecule has 0 aliphatic rings. The number of rotatable bonds is 2. The van der Waals surface area contributed by atoms with Gasteiger partial charge in [-0.05, 0) is 6.07 Å². The monoisotopic (exact) mass is 204 g/mol. The summed E-state index contributed by atoms with van der Waals surface area (Å²) >= 11 is 1.49. The molecule has 2 aromatic heterocycles. The van der Waals surface area contributed by atoms with E-state index in [9.17, 15) is 5.11 Å². The molecule has 0 atom stereocenters. The quantitative estimate of drug-likeness (QED) is 0.765. The maximum Gasteiger partial charge on any atom is 0.160 e. The highest BCUT2D eigenvalue weighted by atomic mass is 32.1. The van der Waals surface area contributed by atoms with Gasteiger partial charge in [-0.1, -0.05) is 6.58 Å². The summed E-state index contributed by atoms with van der Waals surface area (Å²) in [4.78, 5) is 8.22. The van der Waals surface area contributed by atoms with E-state index < -0.39 is 0 Å². The zero-order valence-electron chi connectivity index (χ0n) is 7.34. The Bertz CT molecular complexity index is 450. The van der Waals surface area contributed by atoms with Crippen LogP contribution in [0, 0.1) is 0 Å². The number of hydrogen-bond acceptors (Lipinski definition) is 4. The summed E-state index contributed by atoms with van der Waals surface area (Å²) in [6.07, 6.45) is 3.34. The normalized spacial score (nSPS) is 10.0. The Balaban J connectivity index is 2.52. The van der Waals surface area contributed by atoms with Gasteiger partial charge in [0.05, 0.1) is 0 Å². The summed E-state index contributed by atoms with van der Waals surface area (Å²) in [7, 11) is 0. The highest BCUT2D eigenvalue weighted by Gasteiger charge is 2.09. The van der Waals surface area contributed by atoms with Crippen molar-refractivity contribution in [3.05, 3.63) is 41.4 Å². The first-order chi connectivity index (χ1) is 6.79. The van der Waals surface area contributed by atoms with Crippen molar-refractivity contribution in [1.82, 2.24) is 9.97 Å². The van der Waals surface area contributed by atoms with Gasteiger partial charge < -0.3 is 5.11 Å². The van der Waals surface area contributed by atoms with Crippen LogP contribution in [0.5, 0.6) is 0 Å². The third-order valence-electron chi connectivity index (χ3n) is 1.78. The number of thiophene rings is 1. The maximum absolute atomic E-state index is 9.31. The SMILES string of the molecule is C=C(O)c1cscc1-c1ncccn1. The number of hydrogen-bond donors (Lipinski definition) is 1. The zero-order valence-corrected chi connectivity index (χ0v) is 8.16. The van der Waals surface area contributed by atoms with Gasteiger partial charge in [0.25, 0.3) is 0 Å². The molecule has 1 N–H and O–H groups in total. The first-order valence-electron chi connectivity index (χ1n) is 4.01. The van der Waals surface area contributed by atoms with E-state index in [1.807, 2.05) is 10.8 Å². The Hall–Kier alpha value is -1.68. The van der Waals surface area contributed by atoms with E-state index in [2.05, 4.69) is 16.5 Å². The molecule has 2 rings (SSSR count). The largest absolute Gasteiger partial charge is 0.508 e. The summed E-state index contributed by atoms with van der Waals surface area (Å²) < 4.78 is 0. The van der Waals surface area contributed by atoms with Crippen LogP contribution in [0.4, 0.5) is 0 Å². The van der Waals surface area contributed by atoms with Gasteiger partial charge in [-0.15, -0.1) is 0 Å². The molecule has 0 aromatic carbocycles. The molecule has 0 fully saturated rings. The standard InChI is InChI=1S/C10H8N2OS/c1-7(13)8-5-14-6-9(8)10-11-3-2-4-12-10/h2-6,13H,1H2. The molecule has 0 spiro atoms. The van der Waals surface area contributed by atoms with Gasteiger partial charge in [0.1, 0.15) is 5.76 Å². The lowest BCUT2D eigenvalue weighted by Crippen LogP contribution is -1.88. The van der Waals surface area contributed by atoms with Crippen LogP contribution in [0.25, 0.3) is 17.1 Å². The molecule has 0 aliphatic heterocycles. The second kappa shape index (κ2) is 3.59. The lowest BCUT2D eigenvalue weighted by atomic mass is 10.1. The first kappa shape index (κ1) is 8.90. The molecule has 0 amide bonds. The summed E-state index contributed by atoms with van der Waals surface area (Å²) in [6, 6.07) is 1.75. The van der Waals surface area contributed by atoms with Crippen LogP contribution in [0.3, 0.4) is 0 Å². The molecular weight excluding hydrogens is 196 g/mol. The van der Waals surface area contributed by atoms with Crippen LogP contribution in [-0.4, -0.2) is 15.1 Å². The molecule has 0 bridgehead atoms. The average Bonchev–Trinajstić information content (AvgIpc) is 2.67. The fraction of sp³-hybridized carbons (Fsp3) is 0. The van der Waals surface area contributed by atoms with Crippen molar-refractivity contribution in [2.75, 3.05) is 0 Å². The topological polar surface area (TPSA) is 46.0 Å². The Morgan fingerprint density at radius 2 is 2.00 bits per heavy atom. The van der Waals surface area contributed by atoms with E-state index in [4.69, 9.17) is 0 Å². The predicted octanol–water partition coefficient (Wildman–Crippen LogP) is 2.73. The van der Waals surface area contributed by atoms with Crippen molar-refractivity contribution in [3.63, 3.8) is 0 Å². The molecule has 0 aliphatic carbocycles. The second-order valence-electron chi connectivity index (χ2n) is 2.72. The minimum absolute atomic E-state index is 0.0497. The molecule has 2 aromatic rings. The van der Waals surface area contributed by atoms with Crippen LogP contribution < -0.4 is 0 Å². The fourth-order valence-corrected chi connectivity index (χ4v) is 1.97.